The van der Waals surface area contributed by atoms with E-state index in [1.807, 2.05) is 145 Å². The number of fused-ring (bicyclic) bond motifs is 1. The third kappa shape index (κ3) is 7.58. The summed E-state index contributed by atoms with van der Waals surface area (Å²) in [6.45, 7) is 12.2. The van der Waals surface area contributed by atoms with Gasteiger partial charge >= 0.3 is 0 Å². The van der Waals surface area contributed by atoms with Gasteiger partial charge in [-0.1, -0.05) is 102 Å². The molecule has 0 aromatic heterocycles. The molecule has 0 bridgehead atoms. The summed E-state index contributed by atoms with van der Waals surface area (Å²) >= 11 is 1.05. The molecule has 0 fully saturated rings. The Bertz CT molecular complexity index is 1800. The van der Waals surface area contributed by atoms with Gasteiger partial charge in [-0.25, -0.2) is 0 Å². The predicted molar refractivity (Wildman–Crippen MR) is 188 cm³/mol. The van der Waals surface area contributed by atoms with Gasteiger partial charge in [0, 0.05) is 38.8 Å². The average Bonchev–Trinajstić information content (AvgIpc) is 2.98. The first-order valence-corrected chi connectivity index (χ1v) is 15.9. The fourth-order valence-electron chi connectivity index (χ4n) is 5.33. The van der Waals surface area contributed by atoms with Crippen LogP contribution in [0.2, 0.25) is 0 Å². The zero-order valence-corrected chi connectivity index (χ0v) is 27.5. The van der Waals surface area contributed by atoms with E-state index in [1.165, 1.54) is 0 Å². The van der Waals surface area contributed by atoms with E-state index in [1.54, 1.807) is 4.90 Å². The topological polar surface area (TPSA) is 69.6 Å². The summed E-state index contributed by atoms with van der Waals surface area (Å²) in [6.07, 6.45) is -0.284. The van der Waals surface area contributed by atoms with Gasteiger partial charge in [-0.2, -0.15) is 0 Å². The summed E-state index contributed by atoms with van der Waals surface area (Å²) in [5.41, 5.74) is 4.27. The second kappa shape index (κ2) is 12.8. The van der Waals surface area contributed by atoms with Crippen molar-refractivity contribution in [3.8, 4) is 5.75 Å². The van der Waals surface area contributed by atoms with Crippen molar-refractivity contribution in [3.63, 3.8) is 0 Å². The molecular formula is C39H40N2O3S. The molecule has 6 heteroatoms. The maximum atomic E-state index is 13.9. The van der Waals surface area contributed by atoms with E-state index >= 15 is 0 Å². The van der Waals surface area contributed by atoms with Crippen molar-refractivity contribution in [2.24, 2.45) is 0 Å². The lowest BCUT2D eigenvalue weighted by molar-refractivity contribution is -0.122. The molecule has 5 nitrogen and oxygen atoms in total. The maximum absolute atomic E-state index is 13.9. The summed E-state index contributed by atoms with van der Waals surface area (Å²) in [5, 5.41) is 16.3. The number of hydrogen-bond donors (Lipinski definition) is 2. The SMILES string of the molecule is CC(C)(C)c1cc(SC(=O)CC(=O)N(c2ccccc2)c2ccc3cc(Nc4ccccc4)ccc3c2)cc(C(C)(C)C)c1O. The number of benzene rings is 5. The second-order valence-electron chi connectivity index (χ2n) is 13.3. The number of thioether (sulfide) groups is 1. The summed E-state index contributed by atoms with van der Waals surface area (Å²) < 4.78 is 0. The molecule has 0 aliphatic rings. The Labute approximate surface area is 270 Å². The predicted octanol–water partition coefficient (Wildman–Crippen LogP) is 10.3. The van der Waals surface area contributed by atoms with E-state index in [0.717, 1.165) is 49.9 Å². The lowest BCUT2D eigenvalue weighted by atomic mass is 9.79. The van der Waals surface area contributed by atoms with Gasteiger partial charge in [-0.3, -0.25) is 14.5 Å². The van der Waals surface area contributed by atoms with Crippen LogP contribution in [0.15, 0.2) is 114 Å². The number of phenols is 1. The first kappa shape index (κ1) is 31.9. The van der Waals surface area contributed by atoms with Gasteiger partial charge in [0.05, 0.1) is 6.42 Å². The molecule has 5 aromatic carbocycles. The van der Waals surface area contributed by atoms with E-state index in [-0.39, 0.29) is 34.0 Å². The molecule has 1 amide bonds. The Morgan fingerprint density at radius 2 is 1.22 bits per heavy atom. The van der Waals surface area contributed by atoms with Crippen LogP contribution in [0, 0.1) is 0 Å². The Hall–Kier alpha value is -4.55. The number of aromatic hydroxyl groups is 1. The molecule has 5 aromatic rings. The van der Waals surface area contributed by atoms with Crippen LogP contribution in [0.4, 0.5) is 22.7 Å². The van der Waals surface area contributed by atoms with Gasteiger partial charge in [-0.15, -0.1) is 0 Å². The minimum atomic E-state index is -0.321. The van der Waals surface area contributed by atoms with Crippen LogP contribution in [0.5, 0.6) is 5.75 Å². The summed E-state index contributed by atoms with van der Waals surface area (Å²) in [7, 11) is 0. The Morgan fingerprint density at radius 3 is 1.82 bits per heavy atom. The van der Waals surface area contributed by atoms with Crippen molar-refractivity contribution < 1.29 is 14.7 Å². The normalized spacial score (nSPS) is 11.8. The number of nitrogens with one attached hydrogen (secondary N) is 1. The van der Waals surface area contributed by atoms with Crippen LogP contribution in [0.1, 0.15) is 59.1 Å². The molecule has 0 saturated heterocycles. The number of nitrogens with zero attached hydrogens (tertiary/aromatic N) is 1. The molecule has 2 N–H and O–H groups in total. The standard InChI is InChI=1S/C39H40N2O3S/c1-38(2,3)33-23-32(24-34(37(33)44)39(4,5)6)45-36(43)25-35(42)41(30-15-11-8-12-16-30)31-20-18-26-21-29(19-17-27(26)22-31)40-28-13-9-7-10-14-28/h7-24,40,44H,25H2,1-6H3. The van der Waals surface area contributed by atoms with E-state index in [2.05, 4.69) is 11.4 Å². The Balaban J connectivity index is 1.41. The molecule has 0 saturated carbocycles. The molecular weight excluding hydrogens is 577 g/mol. The van der Waals surface area contributed by atoms with E-state index in [9.17, 15) is 14.7 Å². The van der Waals surface area contributed by atoms with E-state index in [0.29, 0.717) is 11.4 Å². The zero-order chi connectivity index (χ0) is 32.4. The third-order valence-corrected chi connectivity index (χ3v) is 8.48. The van der Waals surface area contributed by atoms with Crippen LogP contribution in [-0.2, 0) is 20.4 Å². The highest BCUT2D eigenvalue weighted by atomic mass is 32.2. The number of para-hydroxylation sites is 2. The second-order valence-corrected chi connectivity index (χ2v) is 14.5. The first-order valence-electron chi connectivity index (χ1n) is 15.1. The van der Waals surface area contributed by atoms with E-state index < -0.39 is 0 Å². The molecule has 230 valence electrons. The van der Waals surface area contributed by atoms with Crippen LogP contribution in [0.3, 0.4) is 0 Å². The highest BCUT2D eigenvalue weighted by molar-refractivity contribution is 8.13. The highest BCUT2D eigenvalue weighted by Crippen LogP contribution is 2.42. The zero-order valence-electron chi connectivity index (χ0n) is 26.7. The Morgan fingerprint density at radius 1 is 0.667 bits per heavy atom. The smallest absolute Gasteiger partial charge is 0.239 e. The van der Waals surface area contributed by atoms with Crippen molar-refractivity contribution in [2.45, 2.75) is 63.7 Å². The van der Waals surface area contributed by atoms with Gasteiger partial charge in [0.25, 0.3) is 0 Å². The van der Waals surface area contributed by atoms with Gasteiger partial charge < -0.3 is 10.4 Å². The monoisotopic (exact) mass is 616 g/mol. The molecule has 0 unspecified atom stereocenters. The number of carbonyl (C=O) groups excluding carboxylic acids is 2. The molecule has 0 radical (unpaired) electrons. The van der Waals surface area contributed by atoms with Crippen molar-refractivity contribution >= 4 is 56.3 Å². The average molecular weight is 617 g/mol. The number of carbonyl (C=O) groups is 2. The molecule has 0 heterocycles. The number of anilines is 4. The largest absolute Gasteiger partial charge is 0.507 e. The van der Waals surface area contributed by atoms with Gasteiger partial charge in [0.1, 0.15) is 5.75 Å². The minimum Gasteiger partial charge on any atom is -0.507 e. The lowest BCUT2D eigenvalue weighted by Gasteiger charge is -2.28. The lowest BCUT2D eigenvalue weighted by Crippen LogP contribution is -2.27. The fraction of sp³-hybridized carbons (Fsp3) is 0.231. The minimum absolute atomic E-state index is 0.260. The molecule has 0 spiro atoms. The van der Waals surface area contributed by atoms with E-state index in [4.69, 9.17) is 0 Å². The van der Waals surface area contributed by atoms with Crippen LogP contribution in [-0.4, -0.2) is 16.1 Å². The van der Waals surface area contributed by atoms with Crippen molar-refractivity contribution in [3.05, 3.63) is 120 Å². The number of hydrogen-bond acceptors (Lipinski definition) is 5. The van der Waals surface area contributed by atoms with Crippen LogP contribution in [0.25, 0.3) is 10.8 Å². The molecule has 0 aliphatic heterocycles. The van der Waals surface area contributed by atoms with Crippen molar-refractivity contribution in [1.29, 1.82) is 0 Å². The third-order valence-electron chi connectivity index (χ3n) is 7.63. The molecule has 0 aliphatic carbocycles. The molecule has 0 atom stereocenters. The quantitative estimate of drug-likeness (QED) is 0.141. The maximum Gasteiger partial charge on any atom is 0.239 e. The summed E-state index contributed by atoms with van der Waals surface area (Å²) in [4.78, 5) is 29.7. The van der Waals surface area contributed by atoms with Crippen LogP contribution >= 0.6 is 11.8 Å². The molecule has 45 heavy (non-hydrogen) atoms. The Kier molecular flexibility index (Phi) is 9.08. The first-order chi connectivity index (χ1) is 21.3. The number of rotatable bonds is 7. The van der Waals surface area contributed by atoms with Crippen molar-refractivity contribution in [2.75, 3.05) is 10.2 Å². The molecule has 5 rings (SSSR count). The summed E-state index contributed by atoms with van der Waals surface area (Å²) in [5.74, 6) is -0.0521. The van der Waals surface area contributed by atoms with Gasteiger partial charge in [0.2, 0.25) is 11.0 Å². The summed E-state index contributed by atoms with van der Waals surface area (Å²) in [6, 6.07) is 35.2. The van der Waals surface area contributed by atoms with Crippen molar-refractivity contribution in [1.82, 2.24) is 0 Å². The number of amides is 1. The highest BCUT2D eigenvalue weighted by Gasteiger charge is 2.28. The fourth-order valence-corrected chi connectivity index (χ4v) is 6.14. The van der Waals surface area contributed by atoms with Crippen LogP contribution < -0.4 is 10.2 Å². The van der Waals surface area contributed by atoms with Gasteiger partial charge in [0.15, 0.2) is 0 Å². The van der Waals surface area contributed by atoms with Gasteiger partial charge in [-0.05, 0) is 82.3 Å². The number of phenolic OH excluding ortho intramolecular Hbond substituents is 1.